The summed E-state index contributed by atoms with van der Waals surface area (Å²) in [4.78, 5) is 11.8. The van der Waals surface area contributed by atoms with Crippen molar-refractivity contribution in [1.29, 1.82) is 0 Å². The minimum absolute atomic E-state index is 0.249. The molecule has 0 radical (unpaired) electrons. The van der Waals surface area contributed by atoms with Gasteiger partial charge in [-0.2, -0.15) is 0 Å². The molecular weight excluding hydrogens is 314 g/mol. The predicted molar refractivity (Wildman–Crippen MR) is 97.0 cm³/mol. The van der Waals surface area contributed by atoms with Crippen molar-refractivity contribution >= 4 is 6.09 Å². The van der Waals surface area contributed by atoms with E-state index in [-0.39, 0.29) is 12.4 Å². The van der Waals surface area contributed by atoms with Gasteiger partial charge in [-0.05, 0) is 34.4 Å². The van der Waals surface area contributed by atoms with E-state index in [1.807, 2.05) is 66.7 Å². The van der Waals surface area contributed by atoms with Crippen LogP contribution in [0, 0.1) is 0 Å². The van der Waals surface area contributed by atoms with Crippen LogP contribution >= 0.6 is 0 Å². The number of ether oxygens (including phenoxy) is 1. The van der Waals surface area contributed by atoms with E-state index >= 15 is 0 Å². The van der Waals surface area contributed by atoms with Crippen molar-refractivity contribution in [2.75, 3.05) is 0 Å². The van der Waals surface area contributed by atoms with Crippen molar-refractivity contribution in [1.82, 2.24) is 5.32 Å². The molecule has 4 heteroatoms. The summed E-state index contributed by atoms with van der Waals surface area (Å²) in [6, 6.07) is 24.5. The zero-order valence-corrected chi connectivity index (χ0v) is 13.7. The third-order valence-corrected chi connectivity index (χ3v) is 3.80. The lowest BCUT2D eigenvalue weighted by molar-refractivity contribution is 0.139. The first-order valence-electron chi connectivity index (χ1n) is 8.03. The predicted octanol–water partition coefficient (Wildman–Crippen LogP) is 4.49. The first kappa shape index (κ1) is 16.6. The van der Waals surface area contributed by atoms with E-state index < -0.39 is 6.09 Å². The minimum Gasteiger partial charge on any atom is -0.508 e. The fourth-order valence-electron chi connectivity index (χ4n) is 2.42. The van der Waals surface area contributed by atoms with Gasteiger partial charge in [-0.25, -0.2) is 4.79 Å². The number of carbonyl (C=O) groups excluding carboxylic acids is 1. The third-order valence-electron chi connectivity index (χ3n) is 3.80. The zero-order chi connectivity index (χ0) is 17.5. The van der Waals surface area contributed by atoms with Crippen LogP contribution in [0.25, 0.3) is 11.1 Å². The molecule has 0 aromatic heterocycles. The fraction of sp³-hybridized carbons (Fsp3) is 0.0952. The van der Waals surface area contributed by atoms with Gasteiger partial charge in [-0.15, -0.1) is 0 Å². The monoisotopic (exact) mass is 333 g/mol. The summed E-state index contributed by atoms with van der Waals surface area (Å²) < 4.78 is 5.18. The zero-order valence-electron chi connectivity index (χ0n) is 13.7. The van der Waals surface area contributed by atoms with Crippen LogP contribution in [0.5, 0.6) is 5.75 Å². The van der Waals surface area contributed by atoms with E-state index in [1.54, 1.807) is 12.1 Å². The lowest BCUT2D eigenvalue weighted by atomic mass is 10.0. The molecule has 0 aliphatic heterocycles. The molecule has 25 heavy (non-hydrogen) atoms. The number of carbonyl (C=O) groups is 1. The summed E-state index contributed by atoms with van der Waals surface area (Å²) >= 11 is 0. The molecule has 126 valence electrons. The average Bonchev–Trinajstić information content (AvgIpc) is 2.67. The van der Waals surface area contributed by atoms with Gasteiger partial charge in [0, 0.05) is 6.54 Å². The summed E-state index contributed by atoms with van der Waals surface area (Å²) in [6.45, 7) is 0.663. The molecule has 0 aliphatic rings. The molecule has 2 N–H and O–H groups in total. The maximum absolute atomic E-state index is 11.8. The Balaban J connectivity index is 1.50. The van der Waals surface area contributed by atoms with Crippen molar-refractivity contribution in [2.24, 2.45) is 0 Å². The molecule has 0 bridgehead atoms. The van der Waals surface area contributed by atoms with Crippen LogP contribution in [0.3, 0.4) is 0 Å². The lowest BCUT2D eigenvalue weighted by Crippen LogP contribution is -2.23. The molecule has 3 aromatic carbocycles. The van der Waals surface area contributed by atoms with E-state index in [1.165, 1.54) is 0 Å². The highest BCUT2D eigenvalue weighted by atomic mass is 16.5. The number of amides is 1. The summed E-state index contributed by atoms with van der Waals surface area (Å²) in [5, 5.41) is 12.1. The number of rotatable bonds is 5. The first-order valence-corrected chi connectivity index (χ1v) is 8.03. The quantitative estimate of drug-likeness (QED) is 0.723. The largest absolute Gasteiger partial charge is 0.508 e. The van der Waals surface area contributed by atoms with Gasteiger partial charge in [0.05, 0.1) is 0 Å². The second-order valence-electron chi connectivity index (χ2n) is 5.66. The van der Waals surface area contributed by atoms with Gasteiger partial charge in [0.15, 0.2) is 0 Å². The van der Waals surface area contributed by atoms with Crippen molar-refractivity contribution in [3.63, 3.8) is 0 Å². The van der Waals surface area contributed by atoms with E-state index in [0.29, 0.717) is 6.54 Å². The highest BCUT2D eigenvalue weighted by molar-refractivity contribution is 5.67. The fourth-order valence-corrected chi connectivity index (χ4v) is 2.42. The molecule has 3 rings (SSSR count). The standard InChI is InChI=1S/C21H19NO3/c23-20-12-10-19(11-13-20)18-8-6-16(7-9-18)14-22-21(24)25-15-17-4-2-1-3-5-17/h1-13,23H,14-15H2,(H,22,24). The van der Waals surface area contributed by atoms with E-state index in [9.17, 15) is 9.90 Å². The smallest absolute Gasteiger partial charge is 0.407 e. The SMILES string of the molecule is O=C(NCc1ccc(-c2ccc(O)cc2)cc1)OCc1ccccc1. The first-order chi connectivity index (χ1) is 12.2. The molecule has 0 atom stereocenters. The Labute approximate surface area is 146 Å². The number of phenolic OH excluding ortho intramolecular Hbond substituents is 1. The van der Waals surface area contributed by atoms with E-state index in [2.05, 4.69) is 5.32 Å². The van der Waals surface area contributed by atoms with Gasteiger partial charge in [-0.1, -0.05) is 66.7 Å². The Kier molecular flexibility index (Phi) is 5.32. The molecule has 1 amide bonds. The Hall–Kier alpha value is -3.27. The number of hydrogen-bond donors (Lipinski definition) is 2. The second kappa shape index (κ2) is 8.02. The third kappa shape index (κ3) is 4.85. The van der Waals surface area contributed by atoms with Crippen LogP contribution in [0.1, 0.15) is 11.1 Å². The molecule has 4 nitrogen and oxygen atoms in total. The molecule has 0 spiro atoms. The van der Waals surface area contributed by atoms with Crippen LogP contribution in [0.4, 0.5) is 4.79 Å². The second-order valence-corrected chi connectivity index (χ2v) is 5.66. The summed E-state index contributed by atoms with van der Waals surface area (Å²) in [5.41, 5.74) is 4.02. The topological polar surface area (TPSA) is 58.6 Å². The van der Waals surface area contributed by atoms with E-state index in [0.717, 1.165) is 22.3 Å². The molecule has 3 aromatic rings. The summed E-state index contributed by atoms with van der Waals surface area (Å²) in [6.07, 6.45) is -0.438. The number of aromatic hydroxyl groups is 1. The van der Waals surface area contributed by atoms with Crippen molar-refractivity contribution in [3.05, 3.63) is 90.0 Å². The normalized spacial score (nSPS) is 10.2. The molecule has 0 unspecified atom stereocenters. The molecule has 0 saturated carbocycles. The molecule has 0 saturated heterocycles. The lowest BCUT2D eigenvalue weighted by Gasteiger charge is -2.08. The van der Waals surface area contributed by atoms with Gasteiger partial charge in [0.1, 0.15) is 12.4 Å². The van der Waals surface area contributed by atoms with Crippen LogP contribution in [0.2, 0.25) is 0 Å². The molecule has 0 heterocycles. The van der Waals surface area contributed by atoms with Gasteiger partial charge in [-0.3, -0.25) is 0 Å². The number of phenols is 1. The van der Waals surface area contributed by atoms with E-state index in [4.69, 9.17) is 4.74 Å². The molecule has 0 aliphatic carbocycles. The number of hydrogen-bond acceptors (Lipinski definition) is 3. The van der Waals surface area contributed by atoms with Gasteiger partial charge in [0.2, 0.25) is 0 Å². The molecule has 0 fully saturated rings. The highest BCUT2D eigenvalue weighted by Gasteiger charge is 2.03. The number of nitrogens with one attached hydrogen (secondary N) is 1. The maximum atomic E-state index is 11.8. The van der Waals surface area contributed by atoms with Crippen LogP contribution in [0.15, 0.2) is 78.9 Å². The number of benzene rings is 3. The van der Waals surface area contributed by atoms with Crippen molar-refractivity contribution < 1.29 is 14.6 Å². The van der Waals surface area contributed by atoms with Crippen LogP contribution < -0.4 is 5.32 Å². The highest BCUT2D eigenvalue weighted by Crippen LogP contribution is 2.22. The van der Waals surface area contributed by atoms with Crippen molar-refractivity contribution in [2.45, 2.75) is 13.2 Å². The Bertz CT molecular complexity index is 812. The summed E-state index contributed by atoms with van der Waals surface area (Å²) in [7, 11) is 0. The van der Waals surface area contributed by atoms with Gasteiger partial charge < -0.3 is 15.2 Å². The summed E-state index contributed by atoms with van der Waals surface area (Å²) in [5.74, 6) is 0.249. The van der Waals surface area contributed by atoms with Gasteiger partial charge >= 0.3 is 6.09 Å². The minimum atomic E-state index is -0.438. The van der Waals surface area contributed by atoms with Gasteiger partial charge in [0.25, 0.3) is 0 Å². The van der Waals surface area contributed by atoms with Crippen LogP contribution in [-0.4, -0.2) is 11.2 Å². The average molecular weight is 333 g/mol. The Morgan fingerprint density at radius 2 is 1.40 bits per heavy atom. The number of alkyl carbamates (subject to hydrolysis) is 1. The van der Waals surface area contributed by atoms with Crippen molar-refractivity contribution in [3.8, 4) is 16.9 Å². The maximum Gasteiger partial charge on any atom is 0.407 e. The molecular formula is C21H19NO3. The Morgan fingerprint density at radius 1 is 0.800 bits per heavy atom. The Morgan fingerprint density at radius 3 is 2.04 bits per heavy atom. The van der Waals surface area contributed by atoms with Crippen LogP contribution in [-0.2, 0) is 17.9 Å².